The summed E-state index contributed by atoms with van der Waals surface area (Å²) in [4.78, 5) is 4.37. The SMILES string of the molecule is CCNC(Cc1ncnn1CC)c1ccc(Br)cc1Br. The molecule has 1 N–H and O–H groups in total. The molecule has 0 bridgehead atoms. The number of rotatable bonds is 6. The number of likely N-dealkylation sites (N-methyl/N-ethyl adjacent to an activating group) is 1. The number of halogens is 2. The zero-order valence-electron chi connectivity index (χ0n) is 11.6. The molecule has 1 heterocycles. The van der Waals surface area contributed by atoms with Crippen LogP contribution in [0.25, 0.3) is 0 Å². The molecular weight excluding hydrogens is 384 g/mol. The summed E-state index contributed by atoms with van der Waals surface area (Å²) >= 11 is 7.14. The van der Waals surface area contributed by atoms with Crippen LogP contribution in [0.5, 0.6) is 0 Å². The first-order chi connectivity index (χ1) is 9.65. The van der Waals surface area contributed by atoms with Crippen LogP contribution in [0.3, 0.4) is 0 Å². The molecule has 20 heavy (non-hydrogen) atoms. The van der Waals surface area contributed by atoms with Gasteiger partial charge in [0.2, 0.25) is 0 Å². The molecule has 2 aromatic rings. The fourth-order valence-corrected chi connectivity index (χ4v) is 3.54. The molecule has 4 nitrogen and oxygen atoms in total. The Labute approximate surface area is 136 Å². The molecule has 108 valence electrons. The topological polar surface area (TPSA) is 42.7 Å². The minimum Gasteiger partial charge on any atom is -0.310 e. The molecule has 2 rings (SSSR count). The Bertz CT molecular complexity index is 568. The first-order valence-electron chi connectivity index (χ1n) is 6.70. The van der Waals surface area contributed by atoms with Crippen molar-refractivity contribution in [3.05, 3.63) is 44.9 Å². The van der Waals surface area contributed by atoms with E-state index in [9.17, 15) is 0 Å². The van der Waals surface area contributed by atoms with Crippen molar-refractivity contribution in [2.24, 2.45) is 0 Å². The van der Waals surface area contributed by atoms with Crippen molar-refractivity contribution in [2.75, 3.05) is 6.54 Å². The average molecular weight is 402 g/mol. The van der Waals surface area contributed by atoms with E-state index in [4.69, 9.17) is 0 Å². The van der Waals surface area contributed by atoms with Gasteiger partial charge in [-0.25, -0.2) is 4.98 Å². The molecule has 0 spiro atoms. The van der Waals surface area contributed by atoms with Crippen molar-refractivity contribution in [1.29, 1.82) is 0 Å². The monoisotopic (exact) mass is 400 g/mol. The van der Waals surface area contributed by atoms with Gasteiger partial charge in [0.1, 0.15) is 12.2 Å². The first-order valence-corrected chi connectivity index (χ1v) is 8.29. The van der Waals surface area contributed by atoms with Crippen molar-refractivity contribution >= 4 is 31.9 Å². The quantitative estimate of drug-likeness (QED) is 0.801. The Morgan fingerprint density at radius 3 is 2.75 bits per heavy atom. The van der Waals surface area contributed by atoms with E-state index in [2.05, 4.69) is 79.3 Å². The maximum atomic E-state index is 4.37. The zero-order valence-corrected chi connectivity index (χ0v) is 14.8. The molecule has 0 fully saturated rings. The number of hydrogen-bond donors (Lipinski definition) is 1. The van der Waals surface area contributed by atoms with Gasteiger partial charge in [-0.3, -0.25) is 4.68 Å². The van der Waals surface area contributed by atoms with Gasteiger partial charge in [-0.1, -0.05) is 44.8 Å². The van der Waals surface area contributed by atoms with Gasteiger partial charge in [0.05, 0.1) is 0 Å². The number of benzene rings is 1. The summed E-state index contributed by atoms with van der Waals surface area (Å²) in [7, 11) is 0. The number of nitrogens with zero attached hydrogens (tertiary/aromatic N) is 3. The van der Waals surface area contributed by atoms with E-state index in [1.807, 2.05) is 4.68 Å². The van der Waals surface area contributed by atoms with Gasteiger partial charge in [-0.15, -0.1) is 0 Å². The molecule has 0 saturated heterocycles. The van der Waals surface area contributed by atoms with Crippen LogP contribution in [0.2, 0.25) is 0 Å². The lowest BCUT2D eigenvalue weighted by Gasteiger charge is -2.19. The third kappa shape index (κ3) is 3.68. The maximum absolute atomic E-state index is 4.37. The lowest BCUT2D eigenvalue weighted by atomic mass is 10.0. The van der Waals surface area contributed by atoms with Crippen LogP contribution >= 0.6 is 31.9 Å². The Balaban J connectivity index is 2.27. The molecule has 0 aliphatic heterocycles. The predicted octanol–water partition coefficient (Wildman–Crippen LogP) is 3.72. The molecule has 1 aromatic heterocycles. The van der Waals surface area contributed by atoms with Crippen LogP contribution < -0.4 is 5.32 Å². The van der Waals surface area contributed by atoms with Crippen molar-refractivity contribution in [1.82, 2.24) is 20.1 Å². The fraction of sp³-hybridized carbons (Fsp3) is 0.429. The Morgan fingerprint density at radius 1 is 1.30 bits per heavy atom. The van der Waals surface area contributed by atoms with Crippen molar-refractivity contribution in [2.45, 2.75) is 32.9 Å². The second-order valence-electron chi connectivity index (χ2n) is 4.47. The summed E-state index contributed by atoms with van der Waals surface area (Å²) in [5.74, 6) is 1.01. The Morgan fingerprint density at radius 2 is 2.10 bits per heavy atom. The largest absolute Gasteiger partial charge is 0.310 e. The van der Waals surface area contributed by atoms with Gasteiger partial charge in [0.15, 0.2) is 0 Å². The summed E-state index contributed by atoms with van der Waals surface area (Å²) in [5, 5.41) is 7.76. The highest BCUT2D eigenvalue weighted by Gasteiger charge is 2.17. The smallest absolute Gasteiger partial charge is 0.138 e. The van der Waals surface area contributed by atoms with E-state index < -0.39 is 0 Å². The van der Waals surface area contributed by atoms with E-state index >= 15 is 0 Å². The van der Waals surface area contributed by atoms with Crippen LogP contribution in [-0.2, 0) is 13.0 Å². The summed E-state index contributed by atoms with van der Waals surface area (Å²) in [6, 6.07) is 6.49. The van der Waals surface area contributed by atoms with E-state index in [0.29, 0.717) is 0 Å². The van der Waals surface area contributed by atoms with Crippen LogP contribution in [-0.4, -0.2) is 21.3 Å². The normalized spacial score (nSPS) is 12.6. The fourth-order valence-electron chi connectivity index (χ4n) is 2.22. The third-order valence-corrected chi connectivity index (χ3v) is 4.35. The standard InChI is InChI=1S/C14H18Br2N4/c1-3-17-13(8-14-18-9-19-20(14)4-2)11-6-5-10(15)7-12(11)16/h5-7,9,13,17H,3-4,8H2,1-2H3. The van der Waals surface area contributed by atoms with Gasteiger partial charge in [0, 0.05) is 28.0 Å². The van der Waals surface area contributed by atoms with Crippen molar-refractivity contribution in [3.63, 3.8) is 0 Å². The minimum absolute atomic E-state index is 0.219. The second kappa shape index (κ2) is 7.33. The van der Waals surface area contributed by atoms with Crippen LogP contribution in [0.4, 0.5) is 0 Å². The highest BCUT2D eigenvalue weighted by atomic mass is 79.9. The zero-order chi connectivity index (χ0) is 14.5. The highest BCUT2D eigenvalue weighted by molar-refractivity contribution is 9.11. The van der Waals surface area contributed by atoms with E-state index in [1.54, 1.807) is 6.33 Å². The third-order valence-electron chi connectivity index (χ3n) is 3.17. The minimum atomic E-state index is 0.219. The molecule has 1 aromatic carbocycles. The van der Waals surface area contributed by atoms with Gasteiger partial charge in [0.25, 0.3) is 0 Å². The predicted molar refractivity (Wildman–Crippen MR) is 87.7 cm³/mol. The van der Waals surface area contributed by atoms with Gasteiger partial charge >= 0.3 is 0 Å². The first kappa shape index (κ1) is 15.7. The Kier molecular flexibility index (Phi) is 5.74. The van der Waals surface area contributed by atoms with Crippen LogP contribution in [0, 0.1) is 0 Å². The molecule has 1 unspecified atom stereocenters. The molecule has 0 amide bonds. The highest BCUT2D eigenvalue weighted by Crippen LogP contribution is 2.28. The average Bonchev–Trinajstić information content (AvgIpc) is 2.85. The summed E-state index contributed by atoms with van der Waals surface area (Å²) in [5.41, 5.74) is 1.24. The van der Waals surface area contributed by atoms with E-state index in [1.165, 1.54) is 5.56 Å². The van der Waals surface area contributed by atoms with Crippen LogP contribution in [0.15, 0.2) is 33.5 Å². The molecule has 0 radical (unpaired) electrons. The number of hydrogen-bond acceptors (Lipinski definition) is 3. The lowest BCUT2D eigenvalue weighted by Crippen LogP contribution is -2.25. The summed E-state index contributed by atoms with van der Waals surface area (Å²) < 4.78 is 4.11. The lowest BCUT2D eigenvalue weighted by molar-refractivity contribution is 0.508. The molecule has 0 aliphatic carbocycles. The summed E-state index contributed by atoms with van der Waals surface area (Å²) in [6.45, 7) is 5.95. The van der Waals surface area contributed by atoms with E-state index in [-0.39, 0.29) is 6.04 Å². The summed E-state index contributed by atoms with van der Waals surface area (Å²) in [6.07, 6.45) is 2.44. The number of aryl methyl sites for hydroxylation is 1. The molecular formula is C14H18Br2N4. The van der Waals surface area contributed by atoms with Crippen LogP contribution in [0.1, 0.15) is 31.3 Å². The molecule has 1 atom stereocenters. The maximum Gasteiger partial charge on any atom is 0.138 e. The van der Waals surface area contributed by atoms with Gasteiger partial charge in [-0.05, 0) is 31.2 Å². The molecule has 0 aliphatic rings. The number of aromatic nitrogens is 3. The molecule has 6 heteroatoms. The van der Waals surface area contributed by atoms with Gasteiger partial charge in [-0.2, -0.15) is 5.10 Å². The number of nitrogens with one attached hydrogen (secondary N) is 1. The molecule has 0 saturated carbocycles. The second-order valence-corrected chi connectivity index (χ2v) is 6.24. The van der Waals surface area contributed by atoms with Crippen molar-refractivity contribution in [3.8, 4) is 0 Å². The van der Waals surface area contributed by atoms with E-state index in [0.717, 1.165) is 34.3 Å². The Hall–Kier alpha value is -0.720. The van der Waals surface area contributed by atoms with Gasteiger partial charge < -0.3 is 5.32 Å². The van der Waals surface area contributed by atoms with Crippen molar-refractivity contribution < 1.29 is 0 Å².